The van der Waals surface area contributed by atoms with Gasteiger partial charge in [-0.15, -0.1) is 0 Å². The molecule has 0 aromatic heterocycles. The molecule has 1 aliphatic rings. The molecule has 0 aliphatic carbocycles. The molecule has 0 aromatic carbocycles. The molecule has 1 unspecified atom stereocenters. The van der Waals surface area contributed by atoms with Gasteiger partial charge < -0.3 is 0 Å². The quantitative estimate of drug-likeness (QED) is 0.574. The normalized spacial score (nSPS) is 34.3. The lowest BCUT2D eigenvalue weighted by molar-refractivity contribution is 0.176. The highest BCUT2D eigenvalue weighted by Gasteiger charge is 2.27. The molecule has 1 heterocycles. The summed E-state index contributed by atoms with van der Waals surface area (Å²) in [6, 6.07) is 0. The van der Waals surface area contributed by atoms with Gasteiger partial charge >= 0.3 is 0 Å². The van der Waals surface area contributed by atoms with Crippen LogP contribution in [-0.2, 0) is 0 Å². The molecule has 1 atom stereocenters. The summed E-state index contributed by atoms with van der Waals surface area (Å²) in [5.74, 6) is 0.769. The van der Waals surface area contributed by atoms with Crippen molar-refractivity contribution >= 4 is 0 Å². The largest absolute Gasteiger partial charge is 0.194 e. The molecule has 0 amide bonds. The zero-order valence-electron chi connectivity index (χ0n) is 8.51. The maximum Gasteiger partial charge on any atom is 0.0604 e. The van der Waals surface area contributed by atoms with Crippen LogP contribution in [0.1, 0.15) is 40.0 Å². The molecule has 12 heavy (non-hydrogen) atoms. The van der Waals surface area contributed by atoms with Crippen LogP contribution in [0.3, 0.4) is 0 Å². The molecule has 0 saturated carbocycles. The van der Waals surface area contributed by atoms with Gasteiger partial charge in [-0.3, -0.25) is 0 Å². The molecule has 2 nitrogen and oxygen atoms in total. The molecule has 0 bridgehead atoms. The number of azo groups is 1. The Morgan fingerprint density at radius 1 is 1.08 bits per heavy atom. The van der Waals surface area contributed by atoms with Crippen molar-refractivity contribution in [1.29, 1.82) is 0 Å². The monoisotopic (exact) mass is 168 g/mol. The van der Waals surface area contributed by atoms with Crippen molar-refractivity contribution < 1.29 is 0 Å². The molecule has 0 fully saturated rings. The molecule has 0 saturated heterocycles. The summed E-state index contributed by atoms with van der Waals surface area (Å²) < 4.78 is 0. The van der Waals surface area contributed by atoms with E-state index in [1.54, 1.807) is 0 Å². The van der Waals surface area contributed by atoms with Gasteiger partial charge in [-0.2, -0.15) is 10.2 Å². The van der Waals surface area contributed by atoms with Crippen molar-refractivity contribution in [2.24, 2.45) is 21.6 Å². The second-order valence-electron chi connectivity index (χ2n) is 4.39. The minimum absolute atomic E-state index is 0.499. The molecular formula is C10H20N2. The van der Waals surface area contributed by atoms with E-state index in [1.807, 2.05) is 0 Å². The third-order valence-electron chi connectivity index (χ3n) is 3.28. The van der Waals surface area contributed by atoms with Gasteiger partial charge in [-0.1, -0.05) is 20.8 Å². The zero-order valence-corrected chi connectivity index (χ0v) is 8.51. The van der Waals surface area contributed by atoms with Gasteiger partial charge in [-0.25, -0.2) is 0 Å². The van der Waals surface area contributed by atoms with Gasteiger partial charge in [0.05, 0.1) is 13.1 Å². The summed E-state index contributed by atoms with van der Waals surface area (Å²) in [7, 11) is 0. The van der Waals surface area contributed by atoms with Crippen molar-refractivity contribution in [2.45, 2.75) is 40.0 Å². The van der Waals surface area contributed by atoms with Gasteiger partial charge in [0.2, 0.25) is 0 Å². The van der Waals surface area contributed by atoms with E-state index in [4.69, 9.17) is 0 Å². The third-order valence-corrected chi connectivity index (χ3v) is 3.28. The first-order valence-electron chi connectivity index (χ1n) is 4.98. The molecular weight excluding hydrogens is 148 g/mol. The van der Waals surface area contributed by atoms with Crippen molar-refractivity contribution in [2.75, 3.05) is 13.1 Å². The number of rotatable bonds is 1. The van der Waals surface area contributed by atoms with E-state index >= 15 is 0 Å². The first-order chi connectivity index (χ1) is 5.65. The lowest BCUT2D eigenvalue weighted by Gasteiger charge is -2.34. The topological polar surface area (TPSA) is 24.7 Å². The van der Waals surface area contributed by atoms with Crippen LogP contribution in [0.2, 0.25) is 0 Å². The van der Waals surface area contributed by atoms with Crippen molar-refractivity contribution in [3.8, 4) is 0 Å². The maximum absolute atomic E-state index is 4.13. The second-order valence-corrected chi connectivity index (χ2v) is 4.39. The van der Waals surface area contributed by atoms with Crippen LogP contribution in [0.5, 0.6) is 0 Å². The molecule has 1 rings (SSSR count). The Hall–Kier alpha value is -0.400. The summed E-state index contributed by atoms with van der Waals surface area (Å²) >= 11 is 0. The van der Waals surface area contributed by atoms with E-state index in [9.17, 15) is 0 Å². The summed E-state index contributed by atoms with van der Waals surface area (Å²) in [5.41, 5.74) is 0.499. The van der Waals surface area contributed by atoms with Gasteiger partial charge in [-0.05, 0) is 30.6 Å². The minimum Gasteiger partial charge on any atom is -0.194 e. The first kappa shape index (κ1) is 9.69. The van der Waals surface area contributed by atoms with E-state index in [-0.39, 0.29) is 0 Å². The fourth-order valence-electron chi connectivity index (χ4n) is 1.70. The Balaban J connectivity index is 2.57. The van der Waals surface area contributed by atoms with E-state index < -0.39 is 0 Å². The molecule has 70 valence electrons. The standard InChI is InChI=1S/C10H20N2/c1-9(2)10(3)5-4-7-11-12-8-6-10/h9H,4-8H2,1-3H3/b12-11-. The van der Waals surface area contributed by atoms with Crippen LogP contribution >= 0.6 is 0 Å². The molecule has 0 N–H and O–H groups in total. The van der Waals surface area contributed by atoms with Crippen molar-refractivity contribution in [3.05, 3.63) is 0 Å². The van der Waals surface area contributed by atoms with Crippen LogP contribution in [-0.4, -0.2) is 13.1 Å². The number of hydrogen-bond donors (Lipinski definition) is 0. The van der Waals surface area contributed by atoms with Crippen LogP contribution in [0.15, 0.2) is 10.2 Å². The predicted octanol–water partition coefficient (Wildman–Crippen LogP) is 3.28. The van der Waals surface area contributed by atoms with Gasteiger partial charge in [0, 0.05) is 0 Å². The van der Waals surface area contributed by atoms with E-state index in [2.05, 4.69) is 31.0 Å². The Kier molecular flexibility index (Phi) is 3.24. The van der Waals surface area contributed by atoms with Gasteiger partial charge in [0.1, 0.15) is 0 Å². The van der Waals surface area contributed by atoms with E-state index in [0.29, 0.717) is 5.41 Å². The third kappa shape index (κ3) is 2.29. The molecule has 0 radical (unpaired) electrons. The summed E-state index contributed by atoms with van der Waals surface area (Å²) in [6.07, 6.45) is 3.72. The van der Waals surface area contributed by atoms with Crippen LogP contribution in [0.4, 0.5) is 0 Å². The zero-order chi connectivity index (χ0) is 9.03. The smallest absolute Gasteiger partial charge is 0.0604 e. The fourth-order valence-corrected chi connectivity index (χ4v) is 1.70. The van der Waals surface area contributed by atoms with Crippen LogP contribution in [0.25, 0.3) is 0 Å². The highest BCUT2D eigenvalue weighted by molar-refractivity contribution is 4.79. The maximum atomic E-state index is 4.13. The highest BCUT2D eigenvalue weighted by atomic mass is 15.1. The lowest BCUT2D eigenvalue weighted by atomic mass is 9.73. The molecule has 0 aromatic rings. The second kappa shape index (κ2) is 4.01. The highest BCUT2D eigenvalue weighted by Crippen LogP contribution is 2.36. The van der Waals surface area contributed by atoms with Gasteiger partial charge in [0.15, 0.2) is 0 Å². The van der Waals surface area contributed by atoms with Gasteiger partial charge in [0.25, 0.3) is 0 Å². The molecule has 2 heteroatoms. The fraction of sp³-hybridized carbons (Fsp3) is 1.00. The van der Waals surface area contributed by atoms with E-state index in [0.717, 1.165) is 19.0 Å². The minimum atomic E-state index is 0.499. The Morgan fingerprint density at radius 3 is 2.42 bits per heavy atom. The van der Waals surface area contributed by atoms with Crippen LogP contribution in [0, 0.1) is 11.3 Å². The lowest BCUT2D eigenvalue weighted by Crippen LogP contribution is -2.25. The van der Waals surface area contributed by atoms with Crippen molar-refractivity contribution in [1.82, 2.24) is 0 Å². The van der Waals surface area contributed by atoms with Crippen LogP contribution < -0.4 is 0 Å². The first-order valence-corrected chi connectivity index (χ1v) is 4.98. The average molecular weight is 168 g/mol. The Bertz CT molecular complexity index is 163. The summed E-state index contributed by atoms with van der Waals surface area (Å²) in [5, 5.41) is 8.21. The summed E-state index contributed by atoms with van der Waals surface area (Å²) in [4.78, 5) is 0. The SMILES string of the molecule is CC(C)C1(C)CCC/N=N\CC1. The van der Waals surface area contributed by atoms with Crippen molar-refractivity contribution in [3.63, 3.8) is 0 Å². The molecule has 1 aliphatic heterocycles. The number of hydrogen-bond acceptors (Lipinski definition) is 2. The summed E-state index contributed by atoms with van der Waals surface area (Å²) in [6.45, 7) is 8.88. The Morgan fingerprint density at radius 2 is 1.75 bits per heavy atom. The average Bonchev–Trinajstić information content (AvgIpc) is 1.97. The van der Waals surface area contributed by atoms with E-state index in [1.165, 1.54) is 19.3 Å². The number of nitrogens with zero attached hydrogens (tertiary/aromatic N) is 2. The Labute approximate surface area is 75.5 Å². The molecule has 0 spiro atoms. The predicted molar refractivity (Wildman–Crippen MR) is 51.4 cm³/mol.